The highest BCUT2D eigenvalue weighted by atomic mass is 32.2. The van der Waals surface area contributed by atoms with Crippen molar-refractivity contribution < 1.29 is 33.3 Å². The van der Waals surface area contributed by atoms with Gasteiger partial charge in [0.15, 0.2) is 11.5 Å². The van der Waals surface area contributed by atoms with Crippen LogP contribution in [0.25, 0.3) is 0 Å². The summed E-state index contributed by atoms with van der Waals surface area (Å²) in [5, 5.41) is 4.58. The predicted octanol–water partition coefficient (Wildman–Crippen LogP) is 5.54. The molecule has 5 rings (SSSR count). The lowest BCUT2D eigenvalue weighted by atomic mass is 9.76. The summed E-state index contributed by atoms with van der Waals surface area (Å²) < 4.78 is 21.9. The number of carbonyl (C=O) groups excluding carboxylic acids is 3. The minimum Gasteiger partial charge on any atom is -0.493 e. The van der Waals surface area contributed by atoms with E-state index in [1.54, 1.807) is 30.2 Å². The van der Waals surface area contributed by atoms with Crippen LogP contribution in [0.15, 0.2) is 41.5 Å². The monoisotopic (exact) mass is 638 g/mol. The van der Waals surface area contributed by atoms with Crippen molar-refractivity contribution >= 4 is 40.4 Å². The number of methoxy groups -OCH3 is 1. The molecular weight excluding hydrogens is 596 g/mol. The van der Waals surface area contributed by atoms with Gasteiger partial charge < -0.3 is 23.8 Å². The molecule has 11 nitrogen and oxygen atoms in total. The molecule has 0 spiro atoms. The molecular formula is C33H42N4O7S. The van der Waals surface area contributed by atoms with Gasteiger partial charge in [0, 0.05) is 37.4 Å². The molecule has 1 unspecified atom stereocenters. The number of benzene rings is 2. The summed E-state index contributed by atoms with van der Waals surface area (Å²) in [5.74, 6) is 0.964. The summed E-state index contributed by atoms with van der Waals surface area (Å²) >= 11 is 1.04. The first-order valence-corrected chi connectivity index (χ1v) is 16.3. The van der Waals surface area contributed by atoms with E-state index in [9.17, 15) is 14.4 Å². The highest BCUT2D eigenvalue weighted by Crippen LogP contribution is 2.42. The average molecular weight is 639 g/mol. The summed E-state index contributed by atoms with van der Waals surface area (Å²) in [6.45, 7) is 13.3. The van der Waals surface area contributed by atoms with Gasteiger partial charge in [-0.25, -0.2) is 4.79 Å². The van der Waals surface area contributed by atoms with Crippen molar-refractivity contribution in [2.75, 3.05) is 64.6 Å². The number of ether oxygens (including phenoxy) is 4. The number of thioether (sulfide) groups is 1. The van der Waals surface area contributed by atoms with E-state index in [4.69, 9.17) is 18.9 Å². The van der Waals surface area contributed by atoms with Gasteiger partial charge in [0.05, 0.1) is 44.5 Å². The quantitative estimate of drug-likeness (QED) is 0.327. The average Bonchev–Trinajstić information content (AvgIpc) is 3.03. The van der Waals surface area contributed by atoms with Gasteiger partial charge in [0.2, 0.25) is 0 Å². The van der Waals surface area contributed by atoms with Crippen LogP contribution in [0.5, 0.6) is 11.5 Å². The van der Waals surface area contributed by atoms with Gasteiger partial charge >= 0.3 is 11.3 Å². The van der Waals surface area contributed by atoms with Crippen LogP contribution in [0.1, 0.15) is 62.0 Å². The van der Waals surface area contributed by atoms with E-state index in [1.807, 2.05) is 32.0 Å². The molecule has 0 N–H and O–H groups in total. The van der Waals surface area contributed by atoms with E-state index >= 15 is 0 Å². The van der Waals surface area contributed by atoms with Crippen LogP contribution in [-0.4, -0.2) is 97.8 Å². The molecule has 3 aliphatic rings. The molecule has 45 heavy (non-hydrogen) atoms. The lowest BCUT2D eigenvalue weighted by Crippen LogP contribution is -2.41. The zero-order valence-corrected chi connectivity index (χ0v) is 27.5. The number of hydrazone groups is 1. The minimum atomic E-state index is -0.778. The molecule has 0 aromatic heterocycles. The van der Waals surface area contributed by atoms with Crippen molar-refractivity contribution in [3.8, 4) is 11.5 Å². The Labute approximate surface area is 268 Å². The second-order valence-electron chi connectivity index (χ2n) is 11.9. The molecule has 2 aromatic carbocycles. The van der Waals surface area contributed by atoms with Crippen LogP contribution in [0.4, 0.5) is 15.3 Å². The Morgan fingerprint density at radius 1 is 1.09 bits per heavy atom. The van der Waals surface area contributed by atoms with Crippen molar-refractivity contribution in [1.29, 1.82) is 0 Å². The highest BCUT2D eigenvalue weighted by Gasteiger charge is 2.37. The summed E-state index contributed by atoms with van der Waals surface area (Å²) in [5.41, 5.74) is 3.48. The van der Waals surface area contributed by atoms with Crippen LogP contribution in [0.2, 0.25) is 0 Å². The number of hydrogen-bond acceptors (Lipinski definition) is 10. The third-order valence-electron chi connectivity index (χ3n) is 8.39. The van der Waals surface area contributed by atoms with Crippen LogP contribution >= 0.6 is 11.8 Å². The Kier molecular flexibility index (Phi) is 10.4. The van der Waals surface area contributed by atoms with Gasteiger partial charge in [-0.05, 0) is 73.6 Å². The van der Waals surface area contributed by atoms with Crippen LogP contribution in [0, 0.1) is 0 Å². The third-order valence-corrected chi connectivity index (χ3v) is 9.34. The van der Waals surface area contributed by atoms with Gasteiger partial charge in [-0.3, -0.25) is 14.5 Å². The van der Waals surface area contributed by atoms with Crippen LogP contribution in [0.3, 0.4) is 0 Å². The van der Waals surface area contributed by atoms with Gasteiger partial charge in [0.1, 0.15) is 0 Å². The number of fused-ring (bicyclic) bond motifs is 1. The van der Waals surface area contributed by atoms with E-state index in [0.29, 0.717) is 55.6 Å². The number of carbonyl (C=O) groups is 3. The lowest BCUT2D eigenvalue weighted by molar-refractivity contribution is 0.0338. The molecule has 1 fully saturated rings. The first-order valence-electron chi connectivity index (χ1n) is 15.5. The van der Waals surface area contributed by atoms with Gasteiger partial charge in [-0.2, -0.15) is 5.10 Å². The van der Waals surface area contributed by atoms with E-state index < -0.39 is 11.3 Å². The fourth-order valence-electron chi connectivity index (χ4n) is 5.79. The Morgan fingerprint density at radius 2 is 1.87 bits per heavy atom. The normalized spacial score (nSPS) is 19.9. The number of amides is 3. The molecule has 0 radical (unpaired) electrons. The maximum atomic E-state index is 13.8. The summed E-state index contributed by atoms with van der Waals surface area (Å²) in [6, 6.07) is 11.1. The largest absolute Gasteiger partial charge is 0.493 e. The molecule has 0 aliphatic carbocycles. The molecule has 1 atom stereocenters. The number of rotatable bonds is 9. The molecule has 3 heterocycles. The van der Waals surface area contributed by atoms with Gasteiger partial charge in [0.25, 0.3) is 5.91 Å². The molecule has 242 valence electrons. The minimum absolute atomic E-state index is 0.132. The maximum Gasteiger partial charge on any atom is 0.438 e. The lowest BCUT2D eigenvalue weighted by Gasteiger charge is -2.39. The Morgan fingerprint density at radius 3 is 2.60 bits per heavy atom. The SMILES string of the molecule is CCOc1ccc(C(=O)N2CCC(C)(C)c3cc(C4=NN(C(=O)OCCCN5CCOCC5)C(=O)SC4C)ccc32)cc1OC. The summed E-state index contributed by atoms with van der Waals surface area (Å²) in [7, 11) is 1.56. The smallest absolute Gasteiger partial charge is 0.438 e. The van der Waals surface area contributed by atoms with Gasteiger partial charge in [-0.15, -0.1) is 5.01 Å². The molecule has 2 aromatic rings. The van der Waals surface area contributed by atoms with E-state index in [2.05, 4.69) is 23.8 Å². The number of hydrogen-bond donors (Lipinski definition) is 0. The fourth-order valence-corrected chi connectivity index (χ4v) is 6.60. The second-order valence-corrected chi connectivity index (χ2v) is 13.2. The first-order chi connectivity index (χ1) is 21.6. The predicted molar refractivity (Wildman–Crippen MR) is 174 cm³/mol. The van der Waals surface area contributed by atoms with Crippen molar-refractivity contribution in [2.45, 2.75) is 51.2 Å². The van der Waals surface area contributed by atoms with E-state index in [0.717, 1.165) is 59.6 Å². The number of nitrogens with zero attached hydrogens (tertiary/aromatic N) is 4. The van der Waals surface area contributed by atoms with Crippen molar-refractivity contribution in [1.82, 2.24) is 9.91 Å². The van der Waals surface area contributed by atoms with Gasteiger partial charge in [-0.1, -0.05) is 31.7 Å². The third kappa shape index (κ3) is 7.29. The first kappa shape index (κ1) is 32.8. The number of morpholine rings is 1. The standard InChI is InChI=1S/C33H42N4O7S/c1-6-43-27-11-9-24(21-28(27)41-5)30(38)36-14-12-33(3,4)25-20-23(8-10-26(25)36)29-22(2)45-32(40)37(34-29)31(39)44-17-7-13-35-15-18-42-19-16-35/h8-11,20-22H,6-7,12-19H2,1-5H3. The van der Waals surface area contributed by atoms with Crippen molar-refractivity contribution in [3.05, 3.63) is 53.1 Å². The Bertz CT molecular complexity index is 1460. The maximum absolute atomic E-state index is 13.8. The number of imide groups is 1. The van der Waals surface area contributed by atoms with E-state index in [-0.39, 0.29) is 23.2 Å². The number of anilines is 1. The zero-order chi connectivity index (χ0) is 32.1. The van der Waals surface area contributed by atoms with Crippen LogP contribution < -0.4 is 14.4 Å². The molecule has 3 amide bonds. The Hall–Kier alpha value is -3.61. The Balaban J connectivity index is 1.35. The molecule has 0 bridgehead atoms. The van der Waals surface area contributed by atoms with E-state index in [1.165, 1.54) is 0 Å². The van der Waals surface area contributed by atoms with Crippen molar-refractivity contribution in [2.24, 2.45) is 5.10 Å². The molecule has 12 heteroatoms. The second kappa shape index (κ2) is 14.2. The molecule has 0 saturated carbocycles. The van der Waals surface area contributed by atoms with Crippen molar-refractivity contribution in [3.63, 3.8) is 0 Å². The zero-order valence-electron chi connectivity index (χ0n) is 26.7. The highest BCUT2D eigenvalue weighted by molar-refractivity contribution is 8.14. The summed E-state index contributed by atoms with van der Waals surface area (Å²) in [4.78, 5) is 43.6. The molecule has 1 saturated heterocycles. The van der Waals surface area contributed by atoms with Crippen LogP contribution in [-0.2, 0) is 14.9 Å². The topological polar surface area (TPSA) is 110 Å². The molecule has 3 aliphatic heterocycles. The summed E-state index contributed by atoms with van der Waals surface area (Å²) in [6.07, 6.45) is 0.633. The fraction of sp³-hybridized carbons (Fsp3) is 0.515.